The van der Waals surface area contributed by atoms with Gasteiger partial charge in [0.2, 0.25) is 0 Å². The van der Waals surface area contributed by atoms with E-state index in [-0.39, 0.29) is 5.69 Å². The van der Waals surface area contributed by atoms with Gasteiger partial charge in [0.25, 0.3) is 5.69 Å². The van der Waals surface area contributed by atoms with E-state index in [0.717, 1.165) is 11.5 Å². The van der Waals surface area contributed by atoms with Gasteiger partial charge in [-0.3, -0.25) is 10.1 Å². The number of nitrogens with one attached hydrogen (secondary N) is 1. The Balaban J connectivity index is 2.08. The van der Waals surface area contributed by atoms with Crippen LogP contribution in [0.1, 0.15) is 11.5 Å². The average Bonchev–Trinajstić information content (AvgIpc) is 2.73. The minimum absolute atomic E-state index is 0.0544. The van der Waals surface area contributed by atoms with E-state index in [1.165, 1.54) is 12.3 Å². The van der Waals surface area contributed by atoms with Crippen LogP contribution in [0, 0.1) is 17.0 Å². The molecule has 2 aromatic heterocycles. The number of furan rings is 1. The highest BCUT2D eigenvalue weighted by Crippen LogP contribution is 2.24. The molecule has 7 heteroatoms. The van der Waals surface area contributed by atoms with E-state index in [1.807, 2.05) is 19.1 Å². The van der Waals surface area contributed by atoms with Crippen LogP contribution in [0.15, 0.2) is 33.3 Å². The Morgan fingerprint density at radius 1 is 1.56 bits per heavy atom. The molecule has 0 bridgehead atoms. The second-order valence-corrected chi connectivity index (χ2v) is 4.50. The summed E-state index contributed by atoms with van der Waals surface area (Å²) >= 11 is 3.23. The number of pyridine rings is 1. The van der Waals surface area contributed by atoms with Gasteiger partial charge < -0.3 is 9.73 Å². The number of halogens is 1. The van der Waals surface area contributed by atoms with Gasteiger partial charge in [0.1, 0.15) is 23.5 Å². The lowest BCUT2D eigenvalue weighted by atomic mass is 10.4. The Kier molecular flexibility index (Phi) is 3.61. The first kappa shape index (κ1) is 12.6. The van der Waals surface area contributed by atoms with E-state index >= 15 is 0 Å². The highest BCUT2D eigenvalue weighted by molar-refractivity contribution is 9.10. The number of anilines is 1. The van der Waals surface area contributed by atoms with Crippen LogP contribution >= 0.6 is 15.9 Å². The summed E-state index contributed by atoms with van der Waals surface area (Å²) in [6.07, 6.45) is 1.21. The van der Waals surface area contributed by atoms with Crippen molar-refractivity contribution in [2.75, 3.05) is 5.32 Å². The topological polar surface area (TPSA) is 81.2 Å². The van der Waals surface area contributed by atoms with Gasteiger partial charge in [0.15, 0.2) is 0 Å². The molecule has 94 valence electrons. The smallest absolute Gasteiger partial charge is 0.288 e. The van der Waals surface area contributed by atoms with Crippen molar-refractivity contribution in [3.05, 3.63) is 50.5 Å². The lowest BCUT2D eigenvalue weighted by Crippen LogP contribution is -2.02. The summed E-state index contributed by atoms with van der Waals surface area (Å²) in [6.45, 7) is 2.33. The molecule has 0 amide bonds. The van der Waals surface area contributed by atoms with Crippen molar-refractivity contribution < 1.29 is 9.34 Å². The zero-order chi connectivity index (χ0) is 13.1. The van der Waals surface area contributed by atoms with Crippen LogP contribution in [0.2, 0.25) is 0 Å². The molecule has 0 saturated carbocycles. The van der Waals surface area contributed by atoms with Gasteiger partial charge in [0.05, 0.1) is 15.9 Å². The first-order chi connectivity index (χ1) is 8.56. The van der Waals surface area contributed by atoms with E-state index in [4.69, 9.17) is 4.42 Å². The molecule has 0 aromatic carbocycles. The van der Waals surface area contributed by atoms with Crippen LogP contribution in [0.5, 0.6) is 0 Å². The molecule has 0 fully saturated rings. The van der Waals surface area contributed by atoms with Crippen molar-refractivity contribution in [2.45, 2.75) is 13.5 Å². The second-order valence-electron chi connectivity index (χ2n) is 3.65. The molecule has 6 nitrogen and oxygen atoms in total. The minimum Gasteiger partial charge on any atom is -0.465 e. The minimum atomic E-state index is -0.489. The number of hydrogen-bond donors (Lipinski definition) is 1. The monoisotopic (exact) mass is 311 g/mol. The average molecular weight is 312 g/mol. The third-order valence-corrected chi connectivity index (χ3v) is 2.87. The van der Waals surface area contributed by atoms with Crippen LogP contribution in [0.4, 0.5) is 11.5 Å². The predicted octanol–water partition coefficient (Wildman–Crippen LogP) is 3.27. The summed E-state index contributed by atoms with van der Waals surface area (Å²) in [5, 5.41) is 13.6. The van der Waals surface area contributed by atoms with Gasteiger partial charge in [-0.15, -0.1) is 0 Å². The quantitative estimate of drug-likeness (QED) is 0.692. The zero-order valence-electron chi connectivity index (χ0n) is 9.51. The zero-order valence-corrected chi connectivity index (χ0v) is 11.1. The van der Waals surface area contributed by atoms with Crippen molar-refractivity contribution >= 4 is 27.4 Å². The summed E-state index contributed by atoms with van der Waals surface area (Å²) in [4.78, 5) is 14.0. The molecule has 0 saturated heterocycles. The number of aromatic nitrogens is 1. The lowest BCUT2D eigenvalue weighted by Gasteiger charge is -2.05. The SMILES string of the molecule is Cc1ccc(CNc2ncc([N+](=O)[O-])cc2Br)o1. The Hall–Kier alpha value is -1.89. The molecule has 0 spiro atoms. The fourth-order valence-corrected chi connectivity index (χ4v) is 1.89. The number of rotatable bonds is 4. The fourth-order valence-electron chi connectivity index (χ4n) is 1.41. The Morgan fingerprint density at radius 2 is 2.33 bits per heavy atom. The van der Waals surface area contributed by atoms with Gasteiger partial charge in [-0.05, 0) is 35.0 Å². The van der Waals surface area contributed by atoms with E-state index < -0.39 is 4.92 Å². The third-order valence-electron chi connectivity index (χ3n) is 2.26. The number of nitrogens with zero attached hydrogens (tertiary/aromatic N) is 2. The van der Waals surface area contributed by atoms with Gasteiger partial charge >= 0.3 is 0 Å². The Bertz CT molecular complexity index is 583. The van der Waals surface area contributed by atoms with Gasteiger partial charge in [-0.1, -0.05) is 0 Å². The molecule has 2 aromatic rings. The highest BCUT2D eigenvalue weighted by atomic mass is 79.9. The van der Waals surface area contributed by atoms with Crippen molar-refractivity contribution in [1.82, 2.24) is 4.98 Å². The maximum absolute atomic E-state index is 10.6. The number of hydrogen-bond acceptors (Lipinski definition) is 5. The standard InChI is InChI=1S/C11H10BrN3O3/c1-7-2-3-9(18-7)6-14-11-10(12)4-8(5-13-11)15(16)17/h2-5H,6H2,1H3,(H,13,14). The largest absolute Gasteiger partial charge is 0.465 e. The number of aryl methyl sites for hydroxylation is 1. The first-order valence-electron chi connectivity index (χ1n) is 5.15. The van der Waals surface area contributed by atoms with E-state index in [1.54, 1.807) is 0 Å². The van der Waals surface area contributed by atoms with Gasteiger partial charge in [0, 0.05) is 6.07 Å². The lowest BCUT2D eigenvalue weighted by molar-refractivity contribution is -0.385. The molecule has 0 atom stereocenters. The summed E-state index contributed by atoms with van der Waals surface area (Å²) in [6, 6.07) is 5.14. The highest BCUT2D eigenvalue weighted by Gasteiger charge is 2.10. The van der Waals surface area contributed by atoms with Crippen LogP contribution in [0.25, 0.3) is 0 Å². The molecular formula is C11H10BrN3O3. The van der Waals surface area contributed by atoms with E-state index in [0.29, 0.717) is 16.8 Å². The van der Waals surface area contributed by atoms with Crippen LogP contribution in [-0.2, 0) is 6.54 Å². The summed E-state index contributed by atoms with van der Waals surface area (Å²) in [7, 11) is 0. The maximum atomic E-state index is 10.6. The first-order valence-corrected chi connectivity index (χ1v) is 5.94. The molecule has 2 rings (SSSR count). The normalized spacial score (nSPS) is 10.3. The van der Waals surface area contributed by atoms with Crippen LogP contribution in [-0.4, -0.2) is 9.91 Å². The van der Waals surface area contributed by atoms with E-state index in [2.05, 4.69) is 26.2 Å². The van der Waals surface area contributed by atoms with Crippen molar-refractivity contribution in [1.29, 1.82) is 0 Å². The van der Waals surface area contributed by atoms with Gasteiger partial charge in [-0.2, -0.15) is 0 Å². The maximum Gasteiger partial charge on any atom is 0.288 e. The van der Waals surface area contributed by atoms with Crippen molar-refractivity contribution in [2.24, 2.45) is 0 Å². The molecular weight excluding hydrogens is 302 g/mol. The Labute approximate surface area is 111 Å². The van der Waals surface area contributed by atoms with Crippen LogP contribution < -0.4 is 5.32 Å². The third kappa shape index (κ3) is 2.86. The molecule has 0 aliphatic rings. The number of nitro groups is 1. The Morgan fingerprint density at radius 3 is 2.89 bits per heavy atom. The van der Waals surface area contributed by atoms with Crippen LogP contribution in [0.3, 0.4) is 0 Å². The summed E-state index contributed by atoms with van der Waals surface area (Å²) in [5.74, 6) is 2.15. The van der Waals surface area contributed by atoms with Crippen molar-refractivity contribution in [3.63, 3.8) is 0 Å². The van der Waals surface area contributed by atoms with Crippen molar-refractivity contribution in [3.8, 4) is 0 Å². The summed E-state index contributed by atoms with van der Waals surface area (Å²) < 4.78 is 5.93. The van der Waals surface area contributed by atoms with E-state index in [9.17, 15) is 10.1 Å². The molecule has 0 aliphatic carbocycles. The molecule has 0 aliphatic heterocycles. The molecule has 18 heavy (non-hydrogen) atoms. The molecule has 1 N–H and O–H groups in total. The van der Waals surface area contributed by atoms with Gasteiger partial charge in [-0.25, -0.2) is 4.98 Å². The predicted molar refractivity (Wildman–Crippen MR) is 69.4 cm³/mol. The molecule has 0 radical (unpaired) electrons. The molecule has 0 unspecified atom stereocenters. The molecule has 2 heterocycles. The fraction of sp³-hybridized carbons (Fsp3) is 0.182. The summed E-state index contributed by atoms with van der Waals surface area (Å²) in [5.41, 5.74) is -0.0544. The second kappa shape index (κ2) is 5.18.